The number of methoxy groups -OCH3 is 3. The van der Waals surface area contributed by atoms with Crippen LogP contribution in [0.4, 0.5) is 0 Å². The van der Waals surface area contributed by atoms with E-state index in [0.717, 1.165) is 0 Å². The summed E-state index contributed by atoms with van der Waals surface area (Å²) in [7, 11) is 4.61. The van der Waals surface area contributed by atoms with Crippen LogP contribution in [0.2, 0.25) is 0 Å². The zero-order valence-corrected chi connectivity index (χ0v) is 12.7. The Hall–Kier alpha value is -2.48. The lowest BCUT2D eigenvalue weighted by Crippen LogP contribution is -2.04. The fraction of sp³-hybridized carbons (Fsp3) is 0.429. The number of rotatable bonds is 7. The second-order valence-electron chi connectivity index (χ2n) is 4.38. The van der Waals surface area contributed by atoms with E-state index in [4.69, 9.17) is 19.3 Å². The molecule has 1 N–H and O–H groups in total. The van der Waals surface area contributed by atoms with E-state index in [9.17, 15) is 0 Å². The molecular formula is C14H18N4O4. The molecule has 0 unspecified atom stereocenters. The van der Waals surface area contributed by atoms with Gasteiger partial charge in [-0.1, -0.05) is 0 Å². The average Bonchev–Trinajstić information content (AvgIpc) is 2.58. The van der Waals surface area contributed by atoms with E-state index in [1.54, 1.807) is 12.1 Å². The summed E-state index contributed by atoms with van der Waals surface area (Å²) in [6, 6.07) is 3.46. The van der Waals surface area contributed by atoms with E-state index >= 15 is 0 Å². The minimum atomic E-state index is 0.0813. The number of aliphatic hydroxyl groups excluding tert-OH is 1. The van der Waals surface area contributed by atoms with Gasteiger partial charge in [-0.2, -0.15) is 0 Å². The fourth-order valence-electron chi connectivity index (χ4n) is 1.91. The summed E-state index contributed by atoms with van der Waals surface area (Å²) in [4.78, 5) is 0. The molecule has 22 heavy (non-hydrogen) atoms. The number of aryl methyl sites for hydroxylation is 1. The van der Waals surface area contributed by atoms with Crippen molar-refractivity contribution in [3.05, 3.63) is 18.0 Å². The van der Waals surface area contributed by atoms with Crippen LogP contribution in [0.15, 0.2) is 12.1 Å². The Labute approximate surface area is 128 Å². The molecule has 0 amide bonds. The Morgan fingerprint density at radius 3 is 1.95 bits per heavy atom. The highest BCUT2D eigenvalue weighted by atomic mass is 16.5. The third kappa shape index (κ3) is 3.40. The van der Waals surface area contributed by atoms with Gasteiger partial charge in [-0.15, -0.1) is 20.4 Å². The molecule has 1 aromatic carbocycles. The van der Waals surface area contributed by atoms with Crippen molar-refractivity contribution in [3.63, 3.8) is 0 Å². The van der Waals surface area contributed by atoms with Crippen LogP contribution in [0.3, 0.4) is 0 Å². The van der Waals surface area contributed by atoms with Gasteiger partial charge in [0.05, 0.1) is 21.3 Å². The van der Waals surface area contributed by atoms with Crippen molar-refractivity contribution >= 4 is 0 Å². The predicted octanol–water partition coefficient (Wildman–Crippen LogP) is 0.884. The fourth-order valence-corrected chi connectivity index (χ4v) is 1.91. The molecule has 0 aliphatic carbocycles. The molecule has 8 heteroatoms. The smallest absolute Gasteiger partial charge is 0.203 e. The number of benzene rings is 1. The van der Waals surface area contributed by atoms with E-state index in [2.05, 4.69) is 20.4 Å². The lowest BCUT2D eigenvalue weighted by atomic mass is 10.1. The lowest BCUT2D eigenvalue weighted by molar-refractivity contribution is 0.287. The molecule has 8 nitrogen and oxygen atoms in total. The van der Waals surface area contributed by atoms with E-state index in [1.165, 1.54) is 21.3 Å². The number of hydrogen-bond donors (Lipinski definition) is 1. The maximum absolute atomic E-state index is 8.79. The minimum absolute atomic E-state index is 0.0813. The van der Waals surface area contributed by atoms with E-state index in [1.807, 2.05) is 0 Å². The van der Waals surface area contributed by atoms with Crippen LogP contribution in [0.5, 0.6) is 17.2 Å². The first-order valence-electron chi connectivity index (χ1n) is 6.71. The molecule has 0 aliphatic rings. The summed E-state index contributed by atoms with van der Waals surface area (Å²) < 4.78 is 15.8. The summed E-state index contributed by atoms with van der Waals surface area (Å²) in [6.45, 7) is 0.0813. The van der Waals surface area contributed by atoms with Gasteiger partial charge >= 0.3 is 0 Å². The predicted molar refractivity (Wildman–Crippen MR) is 78.1 cm³/mol. The Bertz CT molecular complexity index is 594. The molecule has 2 rings (SSSR count). The second kappa shape index (κ2) is 7.51. The zero-order chi connectivity index (χ0) is 15.9. The van der Waals surface area contributed by atoms with Crippen molar-refractivity contribution in [1.29, 1.82) is 0 Å². The molecule has 1 heterocycles. The summed E-state index contributed by atoms with van der Waals surface area (Å²) in [5.74, 6) is 2.35. The average molecular weight is 306 g/mol. The Kier molecular flexibility index (Phi) is 5.42. The van der Waals surface area contributed by atoms with Crippen LogP contribution in [0, 0.1) is 0 Å². The molecule has 118 valence electrons. The van der Waals surface area contributed by atoms with Crippen LogP contribution >= 0.6 is 0 Å². The molecule has 1 aromatic heterocycles. The molecule has 0 bridgehead atoms. The topological polar surface area (TPSA) is 99.5 Å². The molecular weight excluding hydrogens is 288 g/mol. The minimum Gasteiger partial charge on any atom is -0.493 e. The number of aromatic nitrogens is 4. The molecule has 0 spiro atoms. The first kappa shape index (κ1) is 15.9. The molecule has 0 atom stereocenters. The van der Waals surface area contributed by atoms with Crippen molar-refractivity contribution in [2.24, 2.45) is 0 Å². The number of nitrogens with zero attached hydrogens (tertiary/aromatic N) is 4. The monoisotopic (exact) mass is 306 g/mol. The summed E-state index contributed by atoms with van der Waals surface area (Å²) in [6.07, 6.45) is 1.11. The molecule has 0 saturated carbocycles. The highest BCUT2D eigenvalue weighted by Crippen LogP contribution is 2.40. The van der Waals surface area contributed by atoms with Crippen molar-refractivity contribution in [3.8, 4) is 28.6 Å². The Morgan fingerprint density at radius 2 is 1.50 bits per heavy atom. The van der Waals surface area contributed by atoms with Crippen molar-refractivity contribution in [1.82, 2.24) is 20.4 Å². The van der Waals surface area contributed by atoms with Gasteiger partial charge < -0.3 is 19.3 Å². The Morgan fingerprint density at radius 1 is 0.909 bits per heavy atom. The maximum atomic E-state index is 8.79. The largest absolute Gasteiger partial charge is 0.493 e. The van der Waals surface area contributed by atoms with Gasteiger partial charge in [-0.3, -0.25) is 0 Å². The molecule has 0 radical (unpaired) electrons. The van der Waals surface area contributed by atoms with Crippen molar-refractivity contribution in [2.45, 2.75) is 12.8 Å². The standard InChI is InChI=1S/C14H18N4O4/c1-20-10-7-9(8-11(21-2)13(10)22-3)14-17-15-12(16-18-14)5-4-6-19/h7-8,19H,4-6H2,1-3H3. The van der Waals surface area contributed by atoms with E-state index in [-0.39, 0.29) is 6.61 Å². The Balaban J connectivity index is 2.35. The molecule has 0 aliphatic heterocycles. The van der Waals surface area contributed by atoms with E-state index < -0.39 is 0 Å². The summed E-state index contributed by atoms with van der Waals surface area (Å²) in [5, 5.41) is 24.9. The quantitative estimate of drug-likeness (QED) is 0.805. The first-order valence-corrected chi connectivity index (χ1v) is 6.71. The number of aliphatic hydroxyl groups is 1. The van der Waals surface area contributed by atoms with Gasteiger partial charge in [-0.05, 0) is 18.6 Å². The van der Waals surface area contributed by atoms with Crippen molar-refractivity contribution < 1.29 is 19.3 Å². The SMILES string of the molecule is COc1cc(-c2nnc(CCCO)nn2)cc(OC)c1OC. The lowest BCUT2D eigenvalue weighted by Gasteiger charge is -2.13. The van der Waals surface area contributed by atoms with Crippen LogP contribution in [-0.2, 0) is 6.42 Å². The first-order chi connectivity index (χ1) is 10.7. The van der Waals surface area contributed by atoms with Gasteiger partial charge in [-0.25, -0.2) is 0 Å². The van der Waals surface area contributed by atoms with Gasteiger partial charge in [0.2, 0.25) is 11.6 Å². The van der Waals surface area contributed by atoms with Crippen LogP contribution in [-0.4, -0.2) is 53.4 Å². The molecule has 0 saturated heterocycles. The number of ether oxygens (including phenoxy) is 3. The highest BCUT2D eigenvalue weighted by Gasteiger charge is 2.16. The normalized spacial score (nSPS) is 10.4. The van der Waals surface area contributed by atoms with Crippen LogP contribution < -0.4 is 14.2 Å². The molecule has 0 fully saturated rings. The van der Waals surface area contributed by atoms with Crippen LogP contribution in [0.1, 0.15) is 12.2 Å². The maximum Gasteiger partial charge on any atom is 0.203 e. The third-order valence-electron chi connectivity index (χ3n) is 3.00. The van der Waals surface area contributed by atoms with Gasteiger partial charge in [0, 0.05) is 18.6 Å². The van der Waals surface area contributed by atoms with Crippen LogP contribution in [0.25, 0.3) is 11.4 Å². The molecule has 2 aromatic rings. The van der Waals surface area contributed by atoms with Gasteiger partial charge in [0.15, 0.2) is 17.3 Å². The second-order valence-corrected chi connectivity index (χ2v) is 4.38. The van der Waals surface area contributed by atoms with Gasteiger partial charge in [0.25, 0.3) is 0 Å². The van der Waals surface area contributed by atoms with Crippen molar-refractivity contribution in [2.75, 3.05) is 27.9 Å². The third-order valence-corrected chi connectivity index (χ3v) is 3.00. The number of hydrogen-bond acceptors (Lipinski definition) is 8. The highest BCUT2D eigenvalue weighted by molar-refractivity contribution is 5.66. The zero-order valence-electron chi connectivity index (χ0n) is 12.7. The summed E-state index contributed by atoms with van der Waals surface area (Å²) >= 11 is 0. The van der Waals surface area contributed by atoms with Gasteiger partial charge in [0.1, 0.15) is 0 Å². The summed E-state index contributed by atoms with van der Waals surface area (Å²) in [5.41, 5.74) is 0.656. The van der Waals surface area contributed by atoms with E-state index in [0.29, 0.717) is 47.3 Å².